The highest BCUT2D eigenvalue weighted by Gasteiger charge is 2.36. The van der Waals surface area contributed by atoms with Crippen LogP contribution in [0.25, 0.3) is 22.2 Å². The number of nitrogens with two attached hydrogens (primary N) is 1. The van der Waals surface area contributed by atoms with Crippen LogP contribution in [0, 0.1) is 11.6 Å². The van der Waals surface area contributed by atoms with Crippen molar-refractivity contribution in [2.75, 3.05) is 7.11 Å². The molecule has 4 nitrogen and oxygen atoms in total. The summed E-state index contributed by atoms with van der Waals surface area (Å²) < 4.78 is 34.9. The van der Waals surface area contributed by atoms with E-state index in [-0.39, 0.29) is 52.7 Å². The molecule has 0 aromatic heterocycles. The van der Waals surface area contributed by atoms with Crippen molar-refractivity contribution in [3.63, 3.8) is 0 Å². The summed E-state index contributed by atoms with van der Waals surface area (Å²) in [6.07, 6.45) is 4.79. The highest BCUT2D eigenvalue weighted by atomic mass is 35.5. The molecule has 2 aliphatic rings. The number of ether oxygens (including phenoxy) is 1. The molecule has 0 radical (unpaired) electrons. The molecule has 1 saturated carbocycles. The van der Waals surface area contributed by atoms with Crippen molar-refractivity contribution in [2.45, 2.75) is 50.7 Å². The predicted molar refractivity (Wildman–Crippen MR) is 152 cm³/mol. The van der Waals surface area contributed by atoms with Crippen molar-refractivity contribution in [3.05, 3.63) is 101 Å². The first-order valence-electron chi connectivity index (χ1n) is 13.1. The lowest BCUT2D eigenvalue weighted by Crippen LogP contribution is -2.44. The standard InChI is InChI=1S/C32H31ClF2N2O2/c1-3-19-4-6-20(7-5-19)21-8-15-29(39-2)22(16-21)18-37(24-11-9-23(36)10-12-24)32(38)26-17-25-27(34)13-14-28(35)30(25)31(26)33/h3-8,13-16,23-24H,1,9-12,17-18,36H2,2H3/t23-,24+. The molecule has 0 heterocycles. The van der Waals surface area contributed by atoms with Crippen LogP contribution >= 0.6 is 11.6 Å². The molecule has 7 heteroatoms. The molecule has 202 valence electrons. The van der Waals surface area contributed by atoms with Gasteiger partial charge in [0.1, 0.15) is 17.4 Å². The third-order valence-corrected chi connectivity index (χ3v) is 8.26. The molecule has 0 spiro atoms. The van der Waals surface area contributed by atoms with Crippen molar-refractivity contribution in [1.29, 1.82) is 0 Å². The quantitative estimate of drug-likeness (QED) is 0.343. The van der Waals surface area contributed by atoms with Crippen LogP contribution < -0.4 is 10.5 Å². The minimum Gasteiger partial charge on any atom is -0.496 e. The van der Waals surface area contributed by atoms with Gasteiger partial charge in [-0.25, -0.2) is 8.78 Å². The lowest BCUT2D eigenvalue weighted by Gasteiger charge is -2.37. The zero-order chi connectivity index (χ0) is 27.7. The van der Waals surface area contributed by atoms with Gasteiger partial charge in [-0.05, 0) is 66.6 Å². The molecule has 1 amide bonds. The van der Waals surface area contributed by atoms with Gasteiger partial charge in [0.2, 0.25) is 0 Å². The molecule has 1 fully saturated rings. The zero-order valence-corrected chi connectivity index (χ0v) is 22.6. The SMILES string of the molecule is C=Cc1ccc(-c2ccc(OC)c(CN(C(=O)C3=C(Cl)c4c(F)ccc(F)c4C3)[C@H]3CC[C@@H](N)CC3)c2)cc1. The van der Waals surface area contributed by atoms with E-state index in [1.54, 1.807) is 18.1 Å². The Morgan fingerprint density at radius 2 is 1.72 bits per heavy atom. The summed E-state index contributed by atoms with van der Waals surface area (Å²) in [6, 6.07) is 16.1. The Hall–Kier alpha value is -3.48. The van der Waals surface area contributed by atoms with Crippen LogP contribution in [0.2, 0.25) is 0 Å². The van der Waals surface area contributed by atoms with E-state index in [2.05, 4.69) is 6.58 Å². The van der Waals surface area contributed by atoms with Gasteiger partial charge in [0, 0.05) is 47.3 Å². The Morgan fingerprint density at radius 3 is 2.36 bits per heavy atom. The molecule has 3 aromatic rings. The zero-order valence-electron chi connectivity index (χ0n) is 21.9. The summed E-state index contributed by atoms with van der Waals surface area (Å²) in [5.41, 5.74) is 10.3. The summed E-state index contributed by atoms with van der Waals surface area (Å²) in [7, 11) is 1.60. The molecule has 39 heavy (non-hydrogen) atoms. The monoisotopic (exact) mass is 548 g/mol. The van der Waals surface area contributed by atoms with Gasteiger partial charge in [-0.15, -0.1) is 0 Å². The fraction of sp³-hybridized carbons (Fsp3) is 0.281. The lowest BCUT2D eigenvalue weighted by atomic mass is 9.89. The van der Waals surface area contributed by atoms with Crippen LogP contribution in [0.1, 0.15) is 47.9 Å². The number of carbonyl (C=O) groups excluding carboxylic acids is 1. The van der Waals surface area contributed by atoms with Crippen molar-refractivity contribution in [3.8, 4) is 16.9 Å². The number of hydrogen-bond donors (Lipinski definition) is 1. The molecule has 0 atom stereocenters. The largest absolute Gasteiger partial charge is 0.496 e. The number of carbonyl (C=O) groups is 1. The van der Waals surface area contributed by atoms with E-state index < -0.39 is 11.6 Å². The van der Waals surface area contributed by atoms with Gasteiger partial charge >= 0.3 is 0 Å². The molecule has 3 aromatic carbocycles. The molecule has 0 aliphatic heterocycles. The van der Waals surface area contributed by atoms with E-state index in [0.29, 0.717) is 5.75 Å². The van der Waals surface area contributed by atoms with Crippen LogP contribution in [-0.4, -0.2) is 30.0 Å². The number of fused-ring (bicyclic) bond motifs is 1. The fourth-order valence-electron chi connectivity index (χ4n) is 5.61. The summed E-state index contributed by atoms with van der Waals surface area (Å²) in [5, 5.41) is -0.0208. The minimum atomic E-state index is -0.633. The molecular formula is C32H31ClF2N2O2. The third-order valence-electron chi connectivity index (χ3n) is 7.84. The number of benzene rings is 3. The number of hydrogen-bond acceptors (Lipinski definition) is 3. The second-order valence-corrected chi connectivity index (χ2v) is 10.6. The van der Waals surface area contributed by atoms with Crippen molar-refractivity contribution in [1.82, 2.24) is 4.90 Å². The average molecular weight is 549 g/mol. The number of nitrogens with zero attached hydrogens (tertiary/aromatic N) is 1. The first kappa shape index (κ1) is 27.1. The van der Waals surface area contributed by atoms with Crippen LogP contribution in [0.3, 0.4) is 0 Å². The van der Waals surface area contributed by atoms with E-state index in [9.17, 15) is 13.6 Å². The molecule has 2 aliphatic carbocycles. The average Bonchev–Trinajstić information content (AvgIpc) is 3.32. The lowest BCUT2D eigenvalue weighted by molar-refractivity contribution is -0.130. The number of halogens is 3. The van der Waals surface area contributed by atoms with E-state index in [1.165, 1.54) is 0 Å². The molecular weight excluding hydrogens is 518 g/mol. The summed E-state index contributed by atoms with van der Waals surface area (Å²) >= 11 is 6.55. The van der Waals surface area contributed by atoms with Gasteiger partial charge in [0.15, 0.2) is 0 Å². The van der Waals surface area contributed by atoms with E-state index in [0.717, 1.165) is 60.1 Å². The van der Waals surface area contributed by atoms with Crippen molar-refractivity contribution >= 4 is 28.6 Å². The van der Waals surface area contributed by atoms with Crippen LogP contribution in [0.15, 0.2) is 66.7 Å². The number of methoxy groups -OCH3 is 1. The first-order valence-corrected chi connectivity index (χ1v) is 13.5. The maximum absolute atomic E-state index is 14.6. The topological polar surface area (TPSA) is 55.6 Å². The van der Waals surface area contributed by atoms with Gasteiger partial charge in [-0.1, -0.05) is 54.6 Å². The normalized spacial score (nSPS) is 18.6. The highest BCUT2D eigenvalue weighted by molar-refractivity contribution is 6.52. The maximum Gasteiger partial charge on any atom is 0.252 e. The van der Waals surface area contributed by atoms with Crippen LogP contribution in [0.5, 0.6) is 5.75 Å². The Labute approximate surface area is 232 Å². The van der Waals surface area contributed by atoms with Gasteiger partial charge in [0.05, 0.1) is 12.1 Å². The Bertz CT molecular complexity index is 1440. The van der Waals surface area contributed by atoms with E-state index in [1.807, 2.05) is 42.5 Å². The Morgan fingerprint density at radius 1 is 1.05 bits per heavy atom. The van der Waals surface area contributed by atoms with E-state index in [4.69, 9.17) is 22.1 Å². The third kappa shape index (κ3) is 5.36. The van der Waals surface area contributed by atoms with Crippen LogP contribution in [0.4, 0.5) is 8.78 Å². The summed E-state index contributed by atoms with van der Waals surface area (Å²) in [6.45, 7) is 4.07. The second kappa shape index (κ2) is 11.3. The second-order valence-electron chi connectivity index (χ2n) is 10.2. The van der Waals surface area contributed by atoms with Crippen molar-refractivity contribution < 1.29 is 18.3 Å². The summed E-state index contributed by atoms with van der Waals surface area (Å²) in [4.78, 5) is 15.9. The van der Waals surface area contributed by atoms with Gasteiger partial charge < -0.3 is 15.4 Å². The highest BCUT2D eigenvalue weighted by Crippen LogP contribution is 2.41. The molecule has 5 rings (SSSR count). The molecule has 2 N–H and O–H groups in total. The number of rotatable bonds is 7. The van der Waals surface area contributed by atoms with Gasteiger partial charge in [-0.2, -0.15) is 0 Å². The van der Waals surface area contributed by atoms with E-state index >= 15 is 0 Å². The maximum atomic E-state index is 14.6. The van der Waals surface area contributed by atoms with Crippen molar-refractivity contribution in [2.24, 2.45) is 5.73 Å². The fourth-order valence-corrected chi connectivity index (χ4v) is 5.96. The predicted octanol–water partition coefficient (Wildman–Crippen LogP) is 7.09. The smallest absolute Gasteiger partial charge is 0.252 e. The number of amides is 1. The molecule has 0 unspecified atom stereocenters. The minimum absolute atomic E-state index is 0.0202. The Kier molecular flexibility index (Phi) is 7.87. The van der Waals surface area contributed by atoms with Gasteiger partial charge in [-0.3, -0.25) is 4.79 Å². The van der Waals surface area contributed by atoms with Crippen LogP contribution in [-0.2, 0) is 17.8 Å². The Balaban J connectivity index is 1.52. The van der Waals surface area contributed by atoms with Gasteiger partial charge in [0.25, 0.3) is 5.91 Å². The molecule has 0 bridgehead atoms. The summed E-state index contributed by atoms with van der Waals surface area (Å²) in [5.74, 6) is -0.873. The first-order chi connectivity index (χ1) is 18.8. The molecule has 0 saturated heterocycles.